The zero-order chi connectivity index (χ0) is 12.5. The molecular formula is C14H24N3+. The number of benzene rings is 1. The molecule has 0 aromatic heterocycles. The Labute approximate surface area is 104 Å². The highest BCUT2D eigenvalue weighted by molar-refractivity contribution is 5.53. The lowest BCUT2D eigenvalue weighted by Gasteiger charge is -2.35. The molecule has 3 heteroatoms. The van der Waals surface area contributed by atoms with Crippen molar-refractivity contribution in [2.45, 2.75) is 19.4 Å². The third-order valence-electron chi connectivity index (χ3n) is 4.23. The molecule has 0 amide bonds. The van der Waals surface area contributed by atoms with Gasteiger partial charge >= 0.3 is 0 Å². The van der Waals surface area contributed by atoms with Gasteiger partial charge in [-0.05, 0) is 31.2 Å². The minimum Gasteiger partial charge on any atom is -0.399 e. The number of nitrogen functional groups attached to an aromatic ring is 1. The monoisotopic (exact) mass is 234 g/mol. The summed E-state index contributed by atoms with van der Waals surface area (Å²) in [6.45, 7) is 5.78. The Morgan fingerprint density at radius 2 is 1.94 bits per heavy atom. The molecule has 1 fully saturated rings. The van der Waals surface area contributed by atoms with Crippen LogP contribution in [-0.2, 0) is 0 Å². The van der Waals surface area contributed by atoms with Gasteiger partial charge in [0.25, 0.3) is 0 Å². The summed E-state index contributed by atoms with van der Waals surface area (Å²) in [6, 6.07) is 8.98. The molecular weight excluding hydrogens is 210 g/mol. The predicted molar refractivity (Wildman–Crippen MR) is 74.1 cm³/mol. The van der Waals surface area contributed by atoms with E-state index >= 15 is 0 Å². The summed E-state index contributed by atoms with van der Waals surface area (Å²) in [5.41, 5.74) is 7.87. The first-order valence-electron chi connectivity index (χ1n) is 6.46. The van der Waals surface area contributed by atoms with Crippen molar-refractivity contribution in [3.05, 3.63) is 24.3 Å². The Morgan fingerprint density at radius 1 is 1.29 bits per heavy atom. The molecule has 0 saturated carbocycles. The second kappa shape index (κ2) is 4.57. The minimum absolute atomic E-state index is 0.748. The number of likely N-dealkylation sites (N-methyl/N-ethyl adjacent to an activating group) is 1. The van der Waals surface area contributed by atoms with Crippen molar-refractivity contribution in [2.75, 3.05) is 44.4 Å². The van der Waals surface area contributed by atoms with Gasteiger partial charge in [-0.2, -0.15) is 0 Å². The Hall–Kier alpha value is -1.22. The maximum Gasteiger partial charge on any atom is 0.108 e. The van der Waals surface area contributed by atoms with E-state index in [2.05, 4.69) is 38.1 Å². The molecule has 0 bridgehead atoms. The second-order valence-electron chi connectivity index (χ2n) is 5.57. The molecule has 1 aromatic rings. The SMILES string of the molecule is CC[N+](C)(C)C1CCN(c2ccc(N)cc2)C1. The van der Waals surface area contributed by atoms with Crippen LogP contribution < -0.4 is 10.6 Å². The van der Waals surface area contributed by atoms with Gasteiger partial charge in [0.15, 0.2) is 0 Å². The van der Waals surface area contributed by atoms with E-state index in [0.29, 0.717) is 0 Å². The zero-order valence-corrected chi connectivity index (χ0v) is 11.2. The molecule has 0 radical (unpaired) electrons. The minimum atomic E-state index is 0.748. The number of hydrogen-bond acceptors (Lipinski definition) is 2. The van der Waals surface area contributed by atoms with Crippen molar-refractivity contribution >= 4 is 11.4 Å². The highest BCUT2D eigenvalue weighted by Gasteiger charge is 2.33. The van der Waals surface area contributed by atoms with Crippen LogP contribution in [0, 0.1) is 0 Å². The Morgan fingerprint density at radius 3 is 2.53 bits per heavy atom. The van der Waals surface area contributed by atoms with Crippen molar-refractivity contribution in [1.82, 2.24) is 0 Å². The van der Waals surface area contributed by atoms with E-state index in [1.54, 1.807) is 0 Å². The normalized spacial score (nSPS) is 20.9. The molecule has 2 N–H and O–H groups in total. The van der Waals surface area contributed by atoms with E-state index in [-0.39, 0.29) is 0 Å². The van der Waals surface area contributed by atoms with E-state index < -0.39 is 0 Å². The lowest BCUT2D eigenvalue weighted by molar-refractivity contribution is -0.910. The van der Waals surface area contributed by atoms with E-state index in [1.165, 1.54) is 18.7 Å². The van der Waals surface area contributed by atoms with E-state index in [4.69, 9.17) is 5.73 Å². The third-order valence-corrected chi connectivity index (χ3v) is 4.23. The average molecular weight is 234 g/mol. The summed E-state index contributed by atoms with van der Waals surface area (Å²) in [7, 11) is 4.66. The lowest BCUT2D eigenvalue weighted by Crippen LogP contribution is -2.49. The summed E-state index contributed by atoms with van der Waals surface area (Å²) in [4.78, 5) is 2.47. The van der Waals surface area contributed by atoms with Crippen LogP contribution in [-0.4, -0.2) is 44.3 Å². The lowest BCUT2D eigenvalue weighted by atomic mass is 10.2. The number of nitrogens with zero attached hydrogens (tertiary/aromatic N) is 2. The average Bonchev–Trinajstić information content (AvgIpc) is 2.80. The molecule has 1 aromatic carbocycles. The van der Waals surface area contributed by atoms with Gasteiger partial charge in [-0.15, -0.1) is 0 Å². The van der Waals surface area contributed by atoms with Crippen LogP contribution >= 0.6 is 0 Å². The van der Waals surface area contributed by atoms with Crippen molar-refractivity contribution in [1.29, 1.82) is 0 Å². The Bertz CT molecular complexity index is 370. The van der Waals surface area contributed by atoms with Gasteiger partial charge in [0.2, 0.25) is 0 Å². The van der Waals surface area contributed by atoms with Crippen LogP contribution in [0.15, 0.2) is 24.3 Å². The van der Waals surface area contributed by atoms with Gasteiger partial charge in [0.05, 0.1) is 27.2 Å². The molecule has 1 saturated heterocycles. The molecule has 1 unspecified atom stereocenters. The van der Waals surface area contributed by atoms with Gasteiger partial charge in [0, 0.05) is 24.3 Å². The highest BCUT2D eigenvalue weighted by Crippen LogP contribution is 2.25. The summed E-state index contributed by atoms with van der Waals surface area (Å²) >= 11 is 0. The molecule has 3 nitrogen and oxygen atoms in total. The molecule has 1 aliphatic heterocycles. The maximum atomic E-state index is 5.72. The summed E-state index contributed by atoms with van der Waals surface area (Å²) in [5, 5.41) is 0. The summed E-state index contributed by atoms with van der Waals surface area (Å²) < 4.78 is 1.12. The van der Waals surface area contributed by atoms with Gasteiger partial charge in [-0.3, -0.25) is 0 Å². The largest absolute Gasteiger partial charge is 0.399 e. The molecule has 2 rings (SSSR count). The first-order valence-corrected chi connectivity index (χ1v) is 6.46. The predicted octanol–water partition coefficient (Wildman–Crippen LogP) is 1.94. The third kappa shape index (κ3) is 2.55. The Kier molecular flexibility index (Phi) is 3.29. The van der Waals surface area contributed by atoms with Crippen LogP contribution in [0.1, 0.15) is 13.3 Å². The molecule has 0 aliphatic carbocycles. The van der Waals surface area contributed by atoms with E-state index in [1.807, 2.05) is 12.1 Å². The van der Waals surface area contributed by atoms with Crippen LogP contribution in [0.4, 0.5) is 11.4 Å². The zero-order valence-electron chi connectivity index (χ0n) is 11.2. The topological polar surface area (TPSA) is 29.3 Å². The van der Waals surface area contributed by atoms with Gasteiger partial charge in [-0.1, -0.05) is 0 Å². The number of hydrogen-bond donors (Lipinski definition) is 1. The quantitative estimate of drug-likeness (QED) is 0.640. The number of anilines is 2. The standard InChI is InChI=1S/C14H24N3/c1-4-17(2,3)14-9-10-16(11-14)13-7-5-12(15)6-8-13/h5-8,14H,4,9-11,15H2,1-3H3/q+1. The molecule has 1 atom stereocenters. The molecule has 94 valence electrons. The number of nitrogens with two attached hydrogens (primary N) is 1. The van der Waals surface area contributed by atoms with Crippen molar-refractivity contribution in [2.24, 2.45) is 0 Å². The van der Waals surface area contributed by atoms with E-state index in [9.17, 15) is 0 Å². The number of rotatable bonds is 3. The molecule has 1 aliphatic rings. The van der Waals surface area contributed by atoms with Crippen LogP contribution in [0.2, 0.25) is 0 Å². The fourth-order valence-electron chi connectivity index (χ4n) is 2.49. The van der Waals surface area contributed by atoms with Gasteiger partial charge in [-0.25, -0.2) is 0 Å². The smallest absolute Gasteiger partial charge is 0.108 e. The van der Waals surface area contributed by atoms with Crippen molar-refractivity contribution in [3.8, 4) is 0 Å². The van der Waals surface area contributed by atoms with E-state index in [0.717, 1.165) is 29.3 Å². The van der Waals surface area contributed by atoms with Crippen molar-refractivity contribution < 1.29 is 4.48 Å². The van der Waals surface area contributed by atoms with Crippen molar-refractivity contribution in [3.63, 3.8) is 0 Å². The molecule has 0 spiro atoms. The fourth-order valence-corrected chi connectivity index (χ4v) is 2.49. The van der Waals surface area contributed by atoms with Crippen LogP contribution in [0.5, 0.6) is 0 Å². The van der Waals surface area contributed by atoms with Gasteiger partial charge < -0.3 is 15.1 Å². The first-order chi connectivity index (χ1) is 8.03. The first kappa shape index (κ1) is 12.2. The summed E-state index contributed by atoms with van der Waals surface area (Å²) in [5.74, 6) is 0. The second-order valence-corrected chi connectivity index (χ2v) is 5.57. The number of quaternary nitrogens is 1. The molecule has 1 heterocycles. The van der Waals surface area contributed by atoms with Crippen LogP contribution in [0.3, 0.4) is 0 Å². The highest BCUT2D eigenvalue weighted by atomic mass is 15.4. The van der Waals surface area contributed by atoms with Gasteiger partial charge in [0.1, 0.15) is 6.04 Å². The van der Waals surface area contributed by atoms with Crippen LogP contribution in [0.25, 0.3) is 0 Å². The Balaban J connectivity index is 2.05. The molecule has 17 heavy (non-hydrogen) atoms. The fraction of sp³-hybridized carbons (Fsp3) is 0.571. The maximum absolute atomic E-state index is 5.72. The summed E-state index contributed by atoms with van der Waals surface area (Å²) in [6.07, 6.45) is 1.28.